The van der Waals surface area contributed by atoms with Gasteiger partial charge in [0.1, 0.15) is 0 Å². The van der Waals surface area contributed by atoms with Gasteiger partial charge < -0.3 is 10.4 Å². The maximum absolute atomic E-state index is 11.6. The van der Waals surface area contributed by atoms with E-state index in [1.165, 1.54) is 18.9 Å². The number of carboxylic acid groups (broad SMARTS) is 1. The van der Waals surface area contributed by atoms with E-state index < -0.39 is 12.0 Å². The van der Waals surface area contributed by atoms with Gasteiger partial charge in [-0.25, -0.2) is 0 Å². The lowest BCUT2D eigenvalue weighted by atomic mass is 10.0. The van der Waals surface area contributed by atoms with Gasteiger partial charge in [-0.2, -0.15) is 0 Å². The molecule has 0 fully saturated rings. The van der Waals surface area contributed by atoms with Gasteiger partial charge in [0, 0.05) is 0 Å². The fourth-order valence-corrected chi connectivity index (χ4v) is 1.49. The SMILES string of the molecule is CC(=O)C(NC(=O)CN(C)CC(=O)O)C(C)C. The smallest absolute Gasteiger partial charge is 0.317 e. The van der Waals surface area contributed by atoms with Crippen molar-refractivity contribution in [3.63, 3.8) is 0 Å². The average Bonchev–Trinajstić information content (AvgIpc) is 2.11. The summed E-state index contributed by atoms with van der Waals surface area (Å²) in [5.41, 5.74) is 0. The van der Waals surface area contributed by atoms with Crippen molar-refractivity contribution >= 4 is 17.7 Å². The first-order valence-electron chi connectivity index (χ1n) is 5.44. The zero-order valence-corrected chi connectivity index (χ0v) is 10.7. The Balaban J connectivity index is 4.24. The molecule has 0 heterocycles. The Morgan fingerprint density at radius 2 is 1.76 bits per heavy atom. The van der Waals surface area contributed by atoms with Crippen LogP contribution in [0.3, 0.4) is 0 Å². The molecule has 2 N–H and O–H groups in total. The quantitative estimate of drug-likeness (QED) is 0.644. The molecule has 17 heavy (non-hydrogen) atoms. The van der Waals surface area contributed by atoms with Crippen molar-refractivity contribution in [2.45, 2.75) is 26.8 Å². The van der Waals surface area contributed by atoms with Crippen LogP contribution in [-0.2, 0) is 14.4 Å². The van der Waals surface area contributed by atoms with E-state index in [1.807, 2.05) is 13.8 Å². The van der Waals surface area contributed by atoms with E-state index in [0.29, 0.717) is 0 Å². The minimum absolute atomic E-state index is 0.0150. The summed E-state index contributed by atoms with van der Waals surface area (Å²) in [6.07, 6.45) is 0. The van der Waals surface area contributed by atoms with Crippen LogP contribution in [0.2, 0.25) is 0 Å². The number of hydrogen-bond donors (Lipinski definition) is 2. The standard InChI is InChI=1S/C11H20N2O4/c1-7(2)11(8(3)14)12-9(15)5-13(4)6-10(16)17/h7,11H,5-6H2,1-4H3,(H,12,15)(H,16,17). The van der Waals surface area contributed by atoms with Gasteiger partial charge in [-0.3, -0.25) is 19.3 Å². The largest absolute Gasteiger partial charge is 0.480 e. The van der Waals surface area contributed by atoms with Crippen LogP contribution >= 0.6 is 0 Å². The number of Topliss-reactive ketones (excluding diaryl/α,β-unsaturated/α-hetero) is 1. The van der Waals surface area contributed by atoms with E-state index >= 15 is 0 Å². The molecule has 0 aliphatic heterocycles. The minimum atomic E-state index is -0.993. The van der Waals surface area contributed by atoms with E-state index in [1.54, 1.807) is 0 Å². The van der Waals surface area contributed by atoms with Crippen molar-refractivity contribution in [3.8, 4) is 0 Å². The van der Waals surface area contributed by atoms with Crippen LogP contribution < -0.4 is 5.32 Å². The number of likely N-dealkylation sites (N-methyl/N-ethyl adjacent to an activating group) is 1. The fourth-order valence-electron chi connectivity index (χ4n) is 1.49. The maximum atomic E-state index is 11.6. The lowest BCUT2D eigenvalue weighted by molar-refractivity contribution is -0.138. The van der Waals surface area contributed by atoms with E-state index in [-0.39, 0.29) is 30.7 Å². The minimum Gasteiger partial charge on any atom is -0.480 e. The normalized spacial score (nSPS) is 12.6. The highest BCUT2D eigenvalue weighted by Gasteiger charge is 2.21. The molecular weight excluding hydrogens is 224 g/mol. The van der Waals surface area contributed by atoms with E-state index in [9.17, 15) is 14.4 Å². The van der Waals surface area contributed by atoms with E-state index in [0.717, 1.165) is 0 Å². The Bertz CT molecular complexity index is 302. The number of carbonyl (C=O) groups is 3. The molecule has 1 amide bonds. The number of nitrogens with zero attached hydrogens (tertiary/aromatic N) is 1. The Morgan fingerprint density at radius 3 is 2.12 bits per heavy atom. The van der Waals surface area contributed by atoms with E-state index in [2.05, 4.69) is 5.32 Å². The molecule has 0 aromatic heterocycles. The molecule has 1 unspecified atom stereocenters. The van der Waals surface area contributed by atoms with Gasteiger partial charge >= 0.3 is 5.97 Å². The Labute approximate surface area is 101 Å². The molecule has 0 aromatic carbocycles. The summed E-state index contributed by atoms with van der Waals surface area (Å²) in [4.78, 5) is 34.6. The molecule has 98 valence electrons. The second-order valence-electron chi connectivity index (χ2n) is 4.47. The molecule has 0 aromatic rings. The molecule has 0 rings (SSSR count). The van der Waals surface area contributed by atoms with E-state index in [4.69, 9.17) is 5.11 Å². The molecule has 0 saturated carbocycles. The molecular formula is C11H20N2O4. The van der Waals surface area contributed by atoms with Crippen LogP contribution in [0.5, 0.6) is 0 Å². The van der Waals surface area contributed by atoms with Gasteiger partial charge in [0.15, 0.2) is 5.78 Å². The summed E-state index contributed by atoms with van der Waals surface area (Å²) < 4.78 is 0. The summed E-state index contributed by atoms with van der Waals surface area (Å²) >= 11 is 0. The van der Waals surface area contributed by atoms with Gasteiger partial charge in [-0.05, 0) is 19.9 Å². The molecule has 0 aliphatic rings. The second-order valence-corrected chi connectivity index (χ2v) is 4.47. The van der Waals surface area contributed by atoms with Gasteiger partial charge in [0.2, 0.25) is 5.91 Å². The number of carbonyl (C=O) groups excluding carboxylic acids is 2. The summed E-state index contributed by atoms with van der Waals surface area (Å²) in [6, 6.07) is -0.513. The van der Waals surface area contributed by atoms with Gasteiger partial charge in [0.25, 0.3) is 0 Å². The molecule has 0 aliphatic carbocycles. The summed E-state index contributed by atoms with van der Waals surface area (Å²) in [7, 11) is 1.53. The highest BCUT2D eigenvalue weighted by Crippen LogP contribution is 2.02. The van der Waals surface area contributed by atoms with Crippen molar-refractivity contribution in [1.29, 1.82) is 0 Å². The average molecular weight is 244 g/mol. The number of nitrogens with one attached hydrogen (secondary N) is 1. The summed E-state index contributed by atoms with van der Waals surface area (Å²) in [5, 5.41) is 11.1. The second kappa shape index (κ2) is 7.01. The lowest BCUT2D eigenvalue weighted by Gasteiger charge is -2.21. The molecule has 0 saturated heterocycles. The number of rotatable bonds is 7. The van der Waals surface area contributed by atoms with Crippen LogP contribution in [0, 0.1) is 5.92 Å². The first kappa shape index (κ1) is 15.6. The van der Waals surface area contributed by atoms with Gasteiger partial charge in [0.05, 0.1) is 19.1 Å². The van der Waals surface area contributed by atoms with Crippen LogP contribution in [-0.4, -0.2) is 53.8 Å². The van der Waals surface area contributed by atoms with Gasteiger partial charge in [-0.1, -0.05) is 13.8 Å². The zero-order valence-electron chi connectivity index (χ0n) is 10.7. The highest BCUT2D eigenvalue weighted by atomic mass is 16.4. The number of ketones is 1. The molecule has 6 heteroatoms. The first-order chi connectivity index (χ1) is 7.73. The number of amides is 1. The molecule has 0 bridgehead atoms. The van der Waals surface area contributed by atoms with Crippen LogP contribution in [0.25, 0.3) is 0 Å². The predicted molar refractivity (Wildman–Crippen MR) is 62.6 cm³/mol. The molecule has 6 nitrogen and oxygen atoms in total. The Kier molecular flexibility index (Phi) is 6.42. The van der Waals surface area contributed by atoms with Crippen LogP contribution in [0.4, 0.5) is 0 Å². The third kappa shape index (κ3) is 6.68. The number of carboxylic acids is 1. The topological polar surface area (TPSA) is 86.7 Å². The highest BCUT2D eigenvalue weighted by molar-refractivity contribution is 5.88. The molecule has 0 radical (unpaired) electrons. The van der Waals surface area contributed by atoms with Crippen LogP contribution in [0.15, 0.2) is 0 Å². The van der Waals surface area contributed by atoms with Crippen molar-refractivity contribution in [1.82, 2.24) is 10.2 Å². The van der Waals surface area contributed by atoms with Crippen molar-refractivity contribution in [2.24, 2.45) is 5.92 Å². The fraction of sp³-hybridized carbons (Fsp3) is 0.727. The predicted octanol–water partition coefficient (Wildman–Crippen LogP) is -0.267. The molecule has 1 atom stereocenters. The van der Waals surface area contributed by atoms with Crippen molar-refractivity contribution in [2.75, 3.05) is 20.1 Å². The first-order valence-corrected chi connectivity index (χ1v) is 5.44. The third-order valence-electron chi connectivity index (χ3n) is 2.24. The monoisotopic (exact) mass is 244 g/mol. The molecule has 0 spiro atoms. The number of hydrogen-bond acceptors (Lipinski definition) is 4. The van der Waals surface area contributed by atoms with Crippen molar-refractivity contribution in [3.05, 3.63) is 0 Å². The van der Waals surface area contributed by atoms with Crippen LogP contribution in [0.1, 0.15) is 20.8 Å². The Hall–Kier alpha value is -1.43. The summed E-state index contributed by atoms with van der Waals surface area (Å²) in [5.74, 6) is -1.43. The maximum Gasteiger partial charge on any atom is 0.317 e. The number of aliphatic carboxylic acids is 1. The third-order valence-corrected chi connectivity index (χ3v) is 2.24. The zero-order chi connectivity index (χ0) is 13.6. The lowest BCUT2D eigenvalue weighted by Crippen LogP contribution is -2.47. The summed E-state index contributed by atoms with van der Waals surface area (Å²) in [6.45, 7) is 4.86. The van der Waals surface area contributed by atoms with Gasteiger partial charge in [-0.15, -0.1) is 0 Å². The Morgan fingerprint density at radius 1 is 1.24 bits per heavy atom. The van der Waals surface area contributed by atoms with Crippen molar-refractivity contribution < 1.29 is 19.5 Å².